The zero-order valence-electron chi connectivity index (χ0n) is 10.5. The molecule has 98 valence electrons. The first-order valence-corrected chi connectivity index (χ1v) is 7.07. The van der Waals surface area contributed by atoms with Crippen molar-refractivity contribution in [3.8, 4) is 5.75 Å². The SMILES string of the molecule is COc1c(SC)cccc1C1CC(C(=O)O)CN1. The lowest BCUT2D eigenvalue weighted by Crippen LogP contribution is -2.17. The Morgan fingerprint density at radius 1 is 1.56 bits per heavy atom. The Balaban J connectivity index is 2.26. The van der Waals surface area contributed by atoms with Crippen molar-refractivity contribution in [1.29, 1.82) is 0 Å². The molecule has 2 unspecified atom stereocenters. The number of nitrogens with one attached hydrogen (secondary N) is 1. The van der Waals surface area contributed by atoms with Crippen LogP contribution in [0, 0.1) is 5.92 Å². The summed E-state index contributed by atoms with van der Waals surface area (Å²) in [5, 5.41) is 12.3. The van der Waals surface area contributed by atoms with Crippen LogP contribution in [0.4, 0.5) is 0 Å². The summed E-state index contributed by atoms with van der Waals surface area (Å²) >= 11 is 1.63. The summed E-state index contributed by atoms with van der Waals surface area (Å²) in [5.74, 6) is -0.184. The molecule has 4 nitrogen and oxygen atoms in total. The van der Waals surface area contributed by atoms with Gasteiger partial charge < -0.3 is 15.2 Å². The smallest absolute Gasteiger partial charge is 0.307 e. The highest BCUT2D eigenvalue weighted by molar-refractivity contribution is 7.98. The lowest BCUT2D eigenvalue weighted by Gasteiger charge is -2.17. The van der Waals surface area contributed by atoms with Crippen LogP contribution in [-0.4, -0.2) is 31.0 Å². The van der Waals surface area contributed by atoms with Gasteiger partial charge in [0, 0.05) is 23.0 Å². The quantitative estimate of drug-likeness (QED) is 0.819. The number of thioether (sulfide) groups is 1. The molecule has 5 heteroatoms. The minimum Gasteiger partial charge on any atom is -0.495 e. The summed E-state index contributed by atoms with van der Waals surface area (Å²) in [6, 6.07) is 6.06. The minimum absolute atomic E-state index is 0.0631. The van der Waals surface area contributed by atoms with Gasteiger partial charge in [0.05, 0.1) is 13.0 Å². The summed E-state index contributed by atoms with van der Waals surface area (Å²) < 4.78 is 5.47. The summed E-state index contributed by atoms with van der Waals surface area (Å²) in [7, 11) is 1.65. The summed E-state index contributed by atoms with van der Waals surface area (Å²) in [4.78, 5) is 12.1. The Morgan fingerprint density at radius 2 is 2.33 bits per heavy atom. The highest BCUT2D eigenvalue weighted by atomic mass is 32.2. The fourth-order valence-electron chi connectivity index (χ4n) is 2.35. The molecular weight excluding hydrogens is 250 g/mol. The van der Waals surface area contributed by atoms with Gasteiger partial charge in [0.15, 0.2) is 0 Å². The Kier molecular flexibility index (Phi) is 4.14. The second-order valence-electron chi connectivity index (χ2n) is 4.31. The number of aliphatic carboxylic acids is 1. The average molecular weight is 267 g/mol. The van der Waals surface area contributed by atoms with Gasteiger partial charge in [-0.1, -0.05) is 12.1 Å². The van der Waals surface area contributed by atoms with Gasteiger partial charge in [-0.3, -0.25) is 4.79 Å². The molecule has 0 aliphatic carbocycles. The molecule has 0 radical (unpaired) electrons. The van der Waals surface area contributed by atoms with Crippen LogP contribution in [0.25, 0.3) is 0 Å². The Bertz CT molecular complexity index is 450. The molecule has 1 aromatic carbocycles. The molecule has 18 heavy (non-hydrogen) atoms. The molecule has 2 atom stereocenters. The fourth-order valence-corrected chi connectivity index (χ4v) is 2.95. The van der Waals surface area contributed by atoms with Gasteiger partial charge >= 0.3 is 5.97 Å². The van der Waals surface area contributed by atoms with Crippen LogP contribution < -0.4 is 10.1 Å². The third kappa shape index (κ3) is 2.47. The summed E-state index contributed by atoms with van der Waals surface area (Å²) in [6.07, 6.45) is 2.62. The van der Waals surface area contributed by atoms with Crippen LogP contribution in [-0.2, 0) is 4.79 Å². The van der Waals surface area contributed by atoms with E-state index in [1.807, 2.05) is 24.5 Å². The largest absolute Gasteiger partial charge is 0.495 e. The lowest BCUT2D eigenvalue weighted by molar-refractivity contribution is -0.141. The van der Waals surface area contributed by atoms with E-state index in [2.05, 4.69) is 5.32 Å². The second kappa shape index (κ2) is 5.63. The molecule has 1 aliphatic heterocycles. The Morgan fingerprint density at radius 3 is 2.89 bits per heavy atom. The van der Waals surface area contributed by atoms with Crippen LogP contribution in [0.3, 0.4) is 0 Å². The number of methoxy groups -OCH3 is 1. The molecule has 1 aliphatic rings. The van der Waals surface area contributed by atoms with Crippen molar-refractivity contribution in [1.82, 2.24) is 5.32 Å². The highest BCUT2D eigenvalue weighted by Crippen LogP contribution is 2.38. The van der Waals surface area contributed by atoms with Crippen LogP contribution in [0.1, 0.15) is 18.0 Å². The van der Waals surface area contributed by atoms with Crippen LogP contribution in [0.5, 0.6) is 5.75 Å². The summed E-state index contributed by atoms with van der Waals surface area (Å²) in [5.41, 5.74) is 1.05. The van der Waals surface area contributed by atoms with Crippen molar-refractivity contribution in [3.05, 3.63) is 23.8 Å². The number of carboxylic acid groups (broad SMARTS) is 1. The zero-order valence-corrected chi connectivity index (χ0v) is 11.3. The molecule has 1 heterocycles. The van der Waals surface area contributed by atoms with Crippen molar-refractivity contribution in [2.75, 3.05) is 19.9 Å². The molecule has 1 saturated heterocycles. The fraction of sp³-hybridized carbons (Fsp3) is 0.462. The van der Waals surface area contributed by atoms with E-state index in [4.69, 9.17) is 9.84 Å². The van der Waals surface area contributed by atoms with Gasteiger partial charge in [-0.15, -0.1) is 11.8 Å². The van der Waals surface area contributed by atoms with Crippen LogP contribution in [0.15, 0.2) is 23.1 Å². The van der Waals surface area contributed by atoms with Crippen molar-refractivity contribution < 1.29 is 14.6 Å². The van der Waals surface area contributed by atoms with E-state index in [9.17, 15) is 4.79 Å². The molecule has 0 bridgehead atoms. The monoisotopic (exact) mass is 267 g/mol. The van der Waals surface area contributed by atoms with Crippen molar-refractivity contribution >= 4 is 17.7 Å². The van der Waals surface area contributed by atoms with E-state index in [-0.39, 0.29) is 12.0 Å². The minimum atomic E-state index is -0.731. The number of carbonyl (C=O) groups is 1. The first-order valence-electron chi connectivity index (χ1n) is 5.84. The molecule has 2 N–H and O–H groups in total. The number of hydrogen-bond donors (Lipinski definition) is 2. The predicted molar refractivity (Wildman–Crippen MR) is 71.3 cm³/mol. The van der Waals surface area contributed by atoms with Gasteiger partial charge in [0.25, 0.3) is 0 Å². The maximum Gasteiger partial charge on any atom is 0.307 e. The van der Waals surface area contributed by atoms with E-state index in [1.54, 1.807) is 18.9 Å². The number of rotatable bonds is 4. The maximum absolute atomic E-state index is 11.0. The molecular formula is C13H17NO3S. The molecule has 0 amide bonds. The number of benzene rings is 1. The number of para-hydroxylation sites is 1. The van der Waals surface area contributed by atoms with Gasteiger partial charge in [-0.25, -0.2) is 0 Å². The lowest BCUT2D eigenvalue weighted by atomic mass is 9.99. The van der Waals surface area contributed by atoms with E-state index in [1.165, 1.54) is 0 Å². The molecule has 0 spiro atoms. The third-order valence-corrected chi connectivity index (χ3v) is 4.05. The van der Waals surface area contributed by atoms with E-state index >= 15 is 0 Å². The van der Waals surface area contributed by atoms with Crippen LogP contribution in [0.2, 0.25) is 0 Å². The van der Waals surface area contributed by atoms with E-state index in [0.29, 0.717) is 13.0 Å². The van der Waals surface area contributed by atoms with Crippen molar-refractivity contribution in [2.24, 2.45) is 5.92 Å². The first-order chi connectivity index (χ1) is 8.67. The second-order valence-corrected chi connectivity index (χ2v) is 5.16. The van der Waals surface area contributed by atoms with Crippen LogP contribution >= 0.6 is 11.8 Å². The normalized spacial score (nSPS) is 23.0. The number of ether oxygens (including phenoxy) is 1. The highest BCUT2D eigenvalue weighted by Gasteiger charge is 2.31. The standard InChI is InChI=1S/C13H17NO3S/c1-17-12-9(4-3-5-11(12)18-2)10-6-8(7-14-10)13(15)16/h3-5,8,10,14H,6-7H2,1-2H3,(H,15,16). The Hall–Kier alpha value is -1.20. The summed E-state index contributed by atoms with van der Waals surface area (Å²) in [6.45, 7) is 0.520. The molecule has 1 aromatic rings. The van der Waals surface area contributed by atoms with E-state index < -0.39 is 5.97 Å². The maximum atomic E-state index is 11.0. The van der Waals surface area contributed by atoms with Crippen molar-refractivity contribution in [3.63, 3.8) is 0 Å². The van der Waals surface area contributed by atoms with Crippen molar-refractivity contribution in [2.45, 2.75) is 17.4 Å². The van der Waals surface area contributed by atoms with E-state index in [0.717, 1.165) is 16.2 Å². The molecule has 2 rings (SSSR count). The number of hydrogen-bond acceptors (Lipinski definition) is 4. The number of carboxylic acids is 1. The van der Waals surface area contributed by atoms with Gasteiger partial charge in [0.1, 0.15) is 5.75 Å². The van der Waals surface area contributed by atoms with Gasteiger partial charge in [0.2, 0.25) is 0 Å². The third-order valence-electron chi connectivity index (χ3n) is 3.29. The molecule has 0 saturated carbocycles. The average Bonchev–Trinajstić information content (AvgIpc) is 2.87. The predicted octanol–water partition coefficient (Wildman–Crippen LogP) is 2.15. The zero-order chi connectivity index (χ0) is 13.1. The van der Waals surface area contributed by atoms with Gasteiger partial charge in [-0.05, 0) is 18.7 Å². The molecule has 0 aromatic heterocycles. The Labute approximate surface area is 111 Å². The molecule has 1 fully saturated rings. The van der Waals surface area contributed by atoms with Gasteiger partial charge in [-0.2, -0.15) is 0 Å². The topological polar surface area (TPSA) is 58.6 Å². The first kappa shape index (κ1) is 13.2.